The van der Waals surface area contributed by atoms with Gasteiger partial charge >= 0.3 is 0 Å². The van der Waals surface area contributed by atoms with Gasteiger partial charge in [-0.2, -0.15) is 0 Å². The molecular formula is C20H23N3O2S2. The smallest absolute Gasteiger partial charge is 0.273 e. The summed E-state index contributed by atoms with van der Waals surface area (Å²) in [5, 5.41) is 11.1. The largest absolute Gasteiger partial charge is 0.355 e. The average Bonchev–Trinajstić information content (AvgIpc) is 3.44. The summed E-state index contributed by atoms with van der Waals surface area (Å²) in [5.41, 5.74) is 0.329. The van der Waals surface area contributed by atoms with E-state index in [1.165, 1.54) is 17.7 Å². The van der Waals surface area contributed by atoms with E-state index in [0.29, 0.717) is 18.0 Å². The van der Waals surface area contributed by atoms with E-state index in [0.717, 1.165) is 23.9 Å². The molecule has 1 aliphatic rings. The van der Waals surface area contributed by atoms with Gasteiger partial charge < -0.3 is 9.84 Å². The third-order valence-corrected chi connectivity index (χ3v) is 6.95. The third-order valence-electron chi connectivity index (χ3n) is 5.09. The van der Waals surface area contributed by atoms with Gasteiger partial charge in [-0.15, -0.1) is 22.7 Å². The molecule has 1 saturated heterocycles. The molecule has 5 nitrogen and oxygen atoms in total. The maximum absolute atomic E-state index is 12.6. The van der Waals surface area contributed by atoms with Gasteiger partial charge in [0.2, 0.25) is 0 Å². The number of hydrogen-bond acceptors (Lipinski definition) is 6. The number of nitrogens with zero attached hydrogens (tertiary/aromatic N) is 2. The number of aromatic nitrogens is 1. The third kappa shape index (κ3) is 4.31. The molecule has 0 bridgehead atoms. The van der Waals surface area contributed by atoms with E-state index in [2.05, 4.69) is 39.8 Å². The van der Waals surface area contributed by atoms with Crippen LogP contribution in [0, 0.1) is 5.92 Å². The van der Waals surface area contributed by atoms with E-state index in [-0.39, 0.29) is 11.9 Å². The molecule has 0 radical (unpaired) electrons. The van der Waals surface area contributed by atoms with Crippen molar-refractivity contribution in [1.82, 2.24) is 15.4 Å². The second-order valence-electron chi connectivity index (χ2n) is 7.01. The second kappa shape index (κ2) is 8.37. The monoisotopic (exact) mass is 401 g/mol. The van der Waals surface area contributed by atoms with E-state index in [9.17, 15) is 4.79 Å². The Morgan fingerprint density at radius 1 is 1.30 bits per heavy atom. The van der Waals surface area contributed by atoms with Crippen molar-refractivity contribution in [3.63, 3.8) is 0 Å². The molecule has 1 N–H and O–H groups in total. The molecule has 0 aromatic carbocycles. The van der Waals surface area contributed by atoms with Crippen LogP contribution in [-0.2, 0) is 0 Å². The number of amides is 1. The predicted octanol–water partition coefficient (Wildman–Crippen LogP) is 4.67. The number of carbonyl (C=O) groups is 1. The molecular weight excluding hydrogens is 378 g/mol. The van der Waals surface area contributed by atoms with E-state index < -0.39 is 0 Å². The molecule has 7 heteroatoms. The number of hydrogen-bond donors (Lipinski definition) is 1. The fourth-order valence-corrected chi connectivity index (χ4v) is 4.96. The van der Waals surface area contributed by atoms with Gasteiger partial charge in [-0.05, 0) is 54.7 Å². The number of nitrogens with one attached hydrogen (secondary N) is 1. The van der Waals surface area contributed by atoms with Gasteiger partial charge in [-0.3, -0.25) is 9.69 Å². The van der Waals surface area contributed by atoms with Crippen molar-refractivity contribution >= 4 is 28.6 Å². The molecule has 0 spiro atoms. The van der Waals surface area contributed by atoms with E-state index >= 15 is 0 Å². The molecule has 0 aliphatic carbocycles. The van der Waals surface area contributed by atoms with Crippen molar-refractivity contribution in [2.24, 2.45) is 5.92 Å². The Balaban J connectivity index is 1.42. The van der Waals surface area contributed by atoms with Crippen molar-refractivity contribution in [2.75, 3.05) is 19.6 Å². The summed E-state index contributed by atoms with van der Waals surface area (Å²) in [5.74, 6) is 1.23. The quantitative estimate of drug-likeness (QED) is 0.652. The molecule has 1 fully saturated rings. The number of thiophene rings is 2. The molecule has 3 aromatic rings. The van der Waals surface area contributed by atoms with Gasteiger partial charge in [0, 0.05) is 17.5 Å². The number of piperidine rings is 1. The molecule has 142 valence electrons. The van der Waals surface area contributed by atoms with Gasteiger partial charge in [0.05, 0.1) is 10.9 Å². The summed E-state index contributed by atoms with van der Waals surface area (Å²) in [6.45, 7) is 5.04. The molecule has 1 atom stereocenters. The topological polar surface area (TPSA) is 58.4 Å². The van der Waals surface area contributed by atoms with Crippen LogP contribution < -0.4 is 5.32 Å². The maximum atomic E-state index is 12.6. The van der Waals surface area contributed by atoms with Crippen LogP contribution in [-0.4, -0.2) is 35.6 Å². The van der Waals surface area contributed by atoms with Crippen LogP contribution >= 0.6 is 22.7 Å². The summed E-state index contributed by atoms with van der Waals surface area (Å²) in [7, 11) is 0. The predicted molar refractivity (Wildman–Crippen MR) is 109 cm³/mol. The SMILES string of the molecule is CC1CCN(C(CNC(=O)c2cc(-c3cccs3)on2)c2cccs2)CC1. The van der Waals surface area contributed by atoms with Crippen molar-refractivity contribution in [1.29, 1.82) is 0 Å². The van der Waals surface area contributed by atoms with Gasteiger partial charge in [-0.1, -0.05) is 24.2 Å². The van der Waals surface area contributed by atoms with Crippen LogP contribution in [0.15, 0.2) is 45.6 Å². The highest BCUT2D eigenvalue weighted by atomic mass is 32.1. The number of rotatable bonds is 6. The lowest BCUT2D eigenvalue weighted by Crippen LogP contribution is -2.41. The fraction of sp³-hybridized carbons (Fsp3) is 0.400. The average molecular weight is 402 g/mol. The van der Waals surface area contributed by atoms with Crippen LogP contribution in [0.4, 0.5) is 0 Å². The van der Waals surface area contributed by atoms with Crippen LogP contribution in [0.2, 0.25) is 0 Å². The Bertz CT molecular complexity index is 850. The van der Waals surface area contributed by atoms with Crippen LogP contribution in [0.25, 0.3) is 10.6 Å². The molecule has 1 amide bonds. The summed E-state index contributed by atoms with van der Waals surface area (Å²) < 4.78 is 5.33. The molecule has 4 rings (SSSR count). The molecule has 4 heterocycles. The second-order valence-corrected chi connectivity index (χ2v) is 8.94. The summed E-state index contributed by atoms with van der Waals surface area (Å²) in [4.78, 5) is 17.4. The van der Waals surface area contributed by atoms with E-state index in [1.54, 1.807) is 28.7 Å². The van der Waals surface area contributed by atoms with Crippen LogP contribution in [0.1, 0.15) is 41.2 Å². The first-order chi connectivity index (χ1) is 13.2. The summed E-state index contributed by atoms with van der Waals surface area (Å²) in [6.07, 6.45) is 2.42. The Morgan fingerprint density at radius 2 is 2.07 bits per heavy atom. The minimum absolute atomic E-state index is 0.187. The molecule has 3 aromatic heterocycles. The van der Waals surface area contributed by atoms with Gasteiger partial charge in [0.25, 0.3) is 5.91 Å². The van der Waals surface area contributed by atoms with Crippen LogP contribution in [0.3, 0.4) is 0 Å². The summed E-state index contributed by atoms with van der Waals surface area (Å²) in [6, 6.07) is 10.1. The molecule has 27 heavy (non-hydrogen) atoms. The first-order valence-electron chi connectivity index (χ1n) is 9.27. The lowest BCUT2D eigenvalue weighted by molar-refractivity contribution is 0.0906. The highest BCUT2D eigenvalue weighted by Gasteiger charge is 2.26. The Kier molecular flexibility index (Phi) is 5.71. The Hall–Kier alpha value is -1.96. The lowest BCUT2D eigenvalue weighted by Gasteiger charge is -2.36. The highest BCUT2D eigenvalue weighted by Crippen LogP contribution is 2.29. The minimum Gasteiger partial charge on any atom is -0.355 e. The minimum atomic E-state index is -0.187. The van der Waals surface area contributed by atoms with Gasteiger partial charge in [0.15, 0.2) is 11.5 Å². The Labute approximate surface area is 167 Å². The van der Waals surface area contributed by atoms with E-state index in [1.807, 2.05) is 17.5 Å². The van der Waals surface area contributed by atoms with Gasteiger partial charge in [0.1, 0.15) is 0 Å². The zero-order chi connectivity index (χ0) is 18.6. The Morgan fingerprint density at radius 3 is 2.78 bits per heavy atom. The lowest BCUT2D eigenvalue weighted by atomic mass is 9.97. The normalized spacial score (nSPS) is 17.1. The first kappa shape index (κ1) is 18.4. The molecule has 1 aliphatic heterocycles. The van der Waals surface area contributed by atoms with Crippen molar-refractivity contribution < 1.29 is 9.32 Å². The van der Waals surface area contributed by atoms with Crippen LogP contribution in [0.5, 0.6) is 0 Å². The molecule has 0 saturated carbocycles. The number of carbonyl (C=O) groups excluding carboxylic acids is 1. The molecule has 1 unspecified atom stereocenters. The van der Waals surface area contributed by atoms with Crippen molar-refractivity contribution in [2.45, 2.75) is 25.8 Å². The first-order valence-corrected chi connectivity index (χ1v) is 11.0. The standard InChI is InChI=1S/C20H23N3O2S2/c1-14-6-8-23(9-7-14)16(18-4-2-10-26-18)13-21-20(24)15-12-17(25-22-15)19-5-3-11-27-19/h2-5,10-12,14,16H,6-9,13H2,1H3,(H,21,24). The maximum Gasteiger partial charge on any atom is 0.273 e. The van der Waals surface area contributed by atoms with Crippen molar-refractivity contribution in [3.05, 3.63) is 51.7 Å². The van der Waals surface area contributed by atoms with Crippen molar-refractivity contribution in [3.8, 4) is 10.6 Å². The zero-order valence-electron chi connectivity index (χ0n) is 15.3. The fourth-order valence-electron chi connectivity index (χ4n) is 3.43. The van der Waals surface area contributed by atoms with E-state index in [4.69, 9.17) is 4.52 Å². The van der Waals surface area contributed by atoms with Gasteiger partial charge in [-0.25, -0.2) is 0 Å². The highest BCUT2D eigenvalue weighted by molar-refractivity contribution is 7.13. The number of likely N-dealkylation sites (tertiary alicyclic amines) is 1. The zero-order valence-corrected chi connectivity index (χ0v) is 16.9. The summed E-state index contributed by atoms with van der Waals surface area (Å²) >= 11 is 3.32.